The van der Waals surface area contributed by atoms with Gasteiger partial charge in [-0.25, -0.2) is 9.97 Å². The highest BCUT2D eigenvalue weighted by Gasteiger charge is 2.40. The number of H-pyrrole nitrogens is 1. The first-order valence-corrected chi connectivity index (χ1v) is 17.0. The molecule has 0 aromatic carbocycles. The van der Waals surface area contributed by atoms with Crippen LogP contribution >= 0.6 is 0 Å². The number of likely N-dealkylation sites (tertiary alicyclic amines) is 3. The van der Waals surface area contributed by atoms with Gasteiger partial charge in [0.25, 0.3) is 5.91 Å². The van der Waals surface area contributed by atoms with Gasteiger partial charge in [-0.3, -0.25) is 9.59 Å². The molecular weight excluding hydrogens is 556 g/mol. The number of piperidine rings is 1. The number of esters is 1. The third kappa shape index (κ3) is 9.37. The molecule has 3 fully saturated rings. The zero-order valence-electron chi connectivity index (χ0n) is 27.0. The number of ether oxygens (including phenoxy) is 1. The van der Waals surface area contributed by atoms with Gasteiger partial charge >= 0.3 is 5.97 Å². The molecule has 11 heteroatoms. The van der Waals surface area contributed by atoms with Crippen molar-refractivity contribution in [3.05, 3.63) is 36.4 Å². The van der Waals surface area contributed by atoms with Crippen LogP contribution in [-0.4, -0.2) is 112 Å². The van der Waals surface area contributed by atoms with Crippen molar-refractivity contribution in [2.45, 2.75) is 84.2 Å². The van der Waals surface area contributed by atoms with Crippen molar-refractivity contribution in [2.24, 2.45) is 11.3 Å². The summed E-state index contributed by atoms with van der Waals surface area (Å²) < 4.78 is 7.52. The van der Waals surface area contributed by atoms with Crippen LogP contribution in [0, 0.1) is 11.3 Å². The molecule has 2 aromatic rings. The first-order valence-electron chi connectivity index (χ1n) is 17.0. The summed E-state index contributed by atoms with van der Waals surface area (Å²) in [5.74, 6) is 2.23. The van der Waals surface area contributed by atoms with Crippen LogP contribution in [0.2, 0.25) is 0 Å². The SMILES string of the molecule is CC(C)CN1CCC2(CC1)CCN(CCCn1ccnc1C(Cc1ncc[nH]1)NCCCC(=O)OCC(=O)N1CCCC1)C2. The topological polar surface area (TPSA) is 112 Å². The first-order chi connectivity index (χ1) is 21.4. The second kappa shape index (κ2) is 16.0. The number of nitrogens with one attached hydrogen (secondary N) is 2. The van der Waals surface area contributed by atoms with Gasteiger partial charge in [-0.15, -0.1) is 0 Å². The monoisotopic (exact) mass is 610 g/mol. The Kier molecular flexibility index (Phi) is 11.9. The van der Waals surface area contributed by atoms with Crippen LogP contribution < -0.4 is 5.32 Å². The predicted molar refractivity (Wildman–Crippen MR) is 170 cm³/mol. The van der Waals surface area contributed by atoms with Crippen molar-refractivity contribution < 1.29 is 14.3 Å². The summed E-state index contributed by atoms with van der Waals surface area (Å²) in [6, 6.07) is -0.0324. The minimum atomic E-state index is -0.326. The average Bonchev–Trinajstić information content (AvgIpc) is 3.83. The van der Waals surface area contributed by atoms with E-state index in [1.807, 2.05) is 12.4 Å². The summed E-state index contributed by atoms with van der Waals surface area (Å²) in [6.45, 7) is 14.9. The Balaban J connectivity index is 1.05. The maximum atomic E-state index is 12.3. The van der Waals surface area contributed by atoms with Crippen molar-refractivity contribution in [1.29, 1.82) is 0 Å². The second-order valence-electron chi connectivity index (χ2n) is 13.7. The van der Waals surface area contributed by atoms with Crippen LogP contribution in [0.4, 0.5) is 0 Å². The normalized spacial score (nSPS) is 19.8. The minimum Gasteiger partial charge on any atom is -0.456 e. The van der Waals surface area contributed by atoms with E-state index in [2.05, 4.69) is 49.7 Å². The molecule has 3 saturated heterocycles. The fourth-order valence-corrected chi connectivity index (χ4v) is 7.28. The number of imidazole rings is 2. The molecule has 244 valence electrons. The van der Waals surface area contributed by atoms with E-state index < -0.39 is 0 Å². The largest absolute Gasteiger partial charge is 0.456 e. The number of aromatic nitrogens is 4. The fourth-order valence-electron chi connectivity index (χ4n) is 7.28. The number of nitrogens with zero attached hydrogens (tertiary/aromatic N) is 6. The maximum absolute atomic E-state index is 12.3. The number of hydrogen-bond donors (Lipinski definition) is 2. The van der Waals surface area contributed by atoms with Crippen molar-refractivity contribution in [1.82, 2.24) is 39.5 Å². The quantitative estimate of drug-likeness (QED) is 0.220. The van der Waals surface area contributed by atoms with Gasteiger partial charge in [0, 0.05) is 70.4 Å². The Morgan fingerprint density at radius 2 is 1.77 bits per heavy atom. The van der Waals surface area contributed by atoms with Gasteiger partial charge in [0.2, 0.25) is 0 Å². The van der Waals surface area contributed by atoms with E-state index >= 15 is 0 Å². The smallest absolute Gasteiger partial charge is 0.306 e. The first kappa shape index (κ1) is 32.6. The van der Waals surface area contributed by atoms with E-state index in [4.69, 9.17) is 9.72 Å². The number of hydrogen-bond acceptors (Lipinski definition) is 8. The third-order valence-electron chi connectivity index (χ3n) is 9.71. The number of amides is 1. The van der Waals surface area contributed by atoms with Crippen molar-refractivity contribution in [3.63, 3.8) is 0 Å². The van der Waals surface area contributed by atoms with E-state index in [1.165, 1.54) is 52.0 Å². The number of rotatable bonds is 16. The van der Waals surface area contributed by atoms with Crippen LogP contribution in [0.15, 0.2) is 24.8 Å². The van der Waals surface area contributed by atoms with Crippen molar-refractivity contribution in [2.75, 3.05) is 65.5 Å². The molecule has 5 heterocycles. The molecule has 0 saturated carbocycles. The van der Waals surface area contributed by atoms with Gasteiger partial charge < -0.3 is 34.3 Å². The highest BCUT2D eigenvalue weighted by molar-refractivity contribution is 5.80. The minimum absolute atomic E-state index is 0.0324. The number of aryl methyl sites for hydroxylation is 1. The van der Waals surface area contributed by atoms with Gasteiger partial charge in [-0.2, -0.15) is 0 Å². The number of aromatic amines is 1. The molecule has 11 nitrogen and oxygen atoms in total. The lowest BCUT2D eigenvalue weighted by Crippen LogP contribution is -2.42. The average molecular weight is 611 g/mol. The zero-order valence-corrected chi connectivity index (χ0v) is 27.0. The molecule has 0 bridgehead atoms. The van der Waals surface area contributed by atoms with Gasteiger partial charge in [0.15, 0.2) is 6.61 Å². The van der Waals surface area contributed by atoms with E-state index in [0.717, 1.165) is 63.0 Å². The number of carbonyl (C=O) groups is 2. The van der Waals surface area contributed by atoms with E-state index in [0.29, 0.717) is 24.8 Å². The standard InChI is InChI=1S/C33H54N8O3/c1-27(2)24-38-19-8-33(9-20-38)10-21-39(26-33)15-6-18-41-22-14-37-32(41)28(23-29-35-12-13-36-29)34-11-5-7-31(43)44-25-30(42)40-16-3-4-17-40/h12-14,22,27-28,34H,3-11,15-21,23-26H2,1-2H3,(H,35,36). The fraction of sp³-hybridized carbons (Fsp3) is 0.758. The predicted octanol–water partition coefficient (Wildman–Crippen LogP) is 3.26. The molecule has 3 aliphatic heterocycles. The van der Waals surface area contributed by atoms with E-state index in [9.17, 15) is 9.59 Å². The van der Waals surface area contributed by atoms with Crippen LogP contribution in [-0.2, 0) is 27.3 Å². The van der Waals surface area contributed by atoms with Crippen LogP contribution in [0.5, 0.6) is 0 Å². The summed E-state index contributed by atoms with van der Waals surface area (Å²) in [5, 5.41) is 3.61. The highest BCUT2D eigenvalue weighted by atomic mass is 16.5. The molecule has 2 N–H and O–H groups in total. The second-order valence-corrected chi connectivity index (χ2v) is 13.7. The Bertz CT molecular complexity index is 1150. The molecule has 1 atom stereocenters. The molecule has 2 aromatic heterocycles. The van der Waals surface area contributed by atoms with Gasteiger partial charge in [0.1, 0.15) is 11.6 Å². The lowest BCUT2D eigenvalue weighted by molar-refractivity contribution is -0.151. The molecule has 44 heavy (non-hydrogen) atoms. The Hall–Kier alpha value is -2.76. The summed E-state index contributed by atoms with van der Waals surface area (Å²) in [7, 11) is 0. The maximum Gasteiger partial charge on any atom is 0.306 e. The molecule has 0 aliphatic carbocycles. The summed E-state index contributed by atoms with van der Waals surface area (Å²) in [6.07, 6.45) is 16.3. The molecule has 1 unspecified atom stereocenters. The molecule has 1 amide bonds. The summed E-state index contributed by atoms with van der Waals surface area (Å²) in [4.78, 5) is 44.0. The molecule has 1 spiro atoms. The Labute approximate surface area is 263 Å². The lowest BCUT2D eigenvalue weighted by Gasteiger charge is -2.40. The van der Waals surface area contributed by atoms with Crippen molar-refractivity contribution >= 4 is 11.9 Å². The summed E-state index contributed by atoms with van der Waals surface area (Å²) >= 11 is 0. The van der Waals surface area contributed by atoms with Gasteiger partial charge in [-0.1, -0.05) is 13.8 Å². The summed E-state index contributed by atoms with van der Waals surface area (Å²) in [5.41, 5.74) is 0.529. The third-order valence-corrected chi connectivity index (χ3v) is 9.71. The Morgan fingerprint density at radius 1 is 1.00 bits per heavy atom. The van der Waals surface area contributed by atoms with Gasteiger partial charge in [-0.05, 0) is 89.0 Å². The van der Waals surface area contributed by atoms with Gasteiger partial charge in [0.05, 0.1) is 6.04 Å². The molecular formula is C33H54N8O3. The zero-order chi connectivity index (χ0) is 30.8. The van der Waals surface area contributed by atoms with E-state index in [1.54, 1.807) is 11.1 Å². The van der Waals surface area contributed by atoms with Crippen LogP contribution in [0.3, 0.4) is 0 Å². The van der Waals surface area contributed by atoms with Crippen molar-refractivity contribution in [3.8, 4) is 0 Å². The molecule has 0 radical (unpaired) electrons. The molecule has 5 rings (SSSR count). The van der Waals surface area contributed by atoms with Crippen LogP contribution in [0.25, 0.3) is 0 Å². The number of carbonyl (C=O) groups excluding carboxylic acids is 2. The van der Waals surface area contributed by atoms with E-state index in [-0.39, 0.29) is 30.9 Å². The lowest BCUT2D eigenvalue weighted by atomic mass is 9.77. The Morgan fingerprint density at radius 3 is 2.50 bits per heavy atom. The van der Waals surface area contributed by atoms with Crippen LogP contribution in [0.1, 0.15) is 82.9 Å². The highest BCUT2D eigenvalue weighted by Crippen LogP contribution is 2.40. The molecule has 3 aliphatic rings.